The predicted octanol–water partition coefficient (Wildman–Crippen LogP) is 4.38. The Morgan fingerprint density at radius 3 is 2.55 bits per heavy atom. The van der Waals surface area contributed by atoms with Crippen molar-refractivity contribution in [2.75, 3.05) is 18.4 Å². The molecule has 7 heteroatoms. The van der Waals surface area contributed by atoms with Crippen LogP contribution in [-0.4, -0.2) is 40.7 Å². The van der Waals surface area contributed by atoms with Crippen LogP contribution in [0.5, 0.6) is 0 Å². The second kappa shape index (κ2) is 11.6. The maximum atomic E-state index is 12.4. The molecule has 0 spiro atoms. The van der Waals surface area contributed by atoms with Gasteiger partial charge in [-0.25, -0.2) is 0 Å². The van der Waals surface area contributed by atoms with Crippen LogP contribution in [0.1, 0.15) is 88.7 Å². The number of nitrogens with one attached hydrogen (secondary N) is 3. The number of hydrogen-bond acceptors (Lipinski definition) is 5. The highest BCUT2D eigenvalue weighted by Gasteiger charge is 2.31. The molecular formula is C26H39N5O2. The summed E-state index contributed by atoms with van der Waals surface area (Å²) < 4.78 is 1.86. The molecule has 3 N–H and O–H groups in total. The van der Waals surface area contributed by atoms with Gasteiger partial charge >= 0.3 is 0 Å². The second-order valence-electron chi connectivity index (χ2n) is 9.70. The quantitative estimate of drug-likeness (QED) is 0.347. The largest absolute Gasteiger partial charge is 0.383 e. The van der Waals surface area contributed by atoms with E-state index in [9.17, 15) is 9.59 Å². The Bertz CT molecular complexity index is 948. The number of carbonyl (C=O) groups excluding carboxylic acids is 2. The monoisotopic (exact) mass is 453 g/mol. The zero-order valence-electron chi connectivity index (χ0n) is 20.0. The number of imide groups is 1. The van der Waals surface area contributed by atoms with Gasteiger partial charge in [-0.3, -0.25) is 19.6 Å². The fraction of sp³-hybridized carbons (Fsp3) is 0.654. The highest BCUT2D eigenvalue weighted by molar-refractivity contribution is 6.03. The Morgan fingerprint density at radius 1 is 1.00 bits per heavy atom. The Kier molecular flexibility index (Phi) is 8.37. The van der Waals surface area contributed by atoms with Crippen LogP contribution in [0.25, 0.3) is 10.9 Å². The molecule has 1 aromatic carbocycles. The Labute approximate surface area is 197 Å². The summed E-state index contributed by atoms with van der Waals surface area (Å²) in [5.41, 5.74) is 2.84. The van der Waals surface area contributed by atoms with E-state index in [2.05, 4.69) is 27.1 Å². The van der Waals surface area contributed by atoms with Crippen LogP contribution < -0.4 is 16.0 Å². The SMILES string of the molecule is Cn1nc(C2CCC(=O)NC2=O)c2cccc(NCCCCCCCNC3CCCCC3)c21. The molecule has 1 aromatic heterocycles. The molecular weight excluding hydrogens is 414 g/mol. The lowest BCUT2D eigenvalue weighted by atomic mass is 9.92. The lowest BCUT2D eigenvalue weighted by Crippen LogP contribution is -2.39. The lowest BCUT2D eigenvalue weighted by molar-refractivity contribution is -0.134. The van der Waals surface area contributed by atoms with Gasteiger partial charge in [0.15, 0.2) is 0 Å². The normalized spacial score (nSPS) is 19.7. The summed E-state index contributed by atoms with van der Waals surface area (Å²) in [6.45, 7) is 2.10. The summed E-state index contributed by atoms with van der Waals surface area (Å²) in [6, 6.07) is 6.89. The van der Waals surface area contributed by atoms with Crippen LogP contribution in [0.15, 0.2) is 18.2 Å². The van der Waals surface area contributed by atoms with Crippen molar-refractivity contribution < 1.29 is 9.59 Å². The first-order chi connectivity index (χ1) is 16.1. The molecule has 7 nitrogen and oxygen atoms in total. The van der Waals surface area contributed by atoms with E-state index >= 15 is 0 Å². The van der Waals surface area contributed by atoms with Crippen molar-refractivity contribution in [3.8, 4) is 0 Å². The summed E-state index contributed by atoms with van der Waals surface area (Å²) in [4.78, 5) is 23.9. The van der Waals surface area contributed by atoms with Gasteiger partial charge in [0.2, 0.25) is 11.8 Å². The van der Waals surface area contributed by atoms with Crippen molar-refractivity contribution >= 4 is 28.4 Å². The molecule has 2 amide bonds. The molecule has 1 unspecified atom stereocenters. The summed E-state index contributed by atoms with van der Waals surface area (Å²) in [7, 11) is 1.92. The lowest BCUT2D eigenvalue weighted by Gasteiger charge is -2.22. The van der Waals surface area contributed by atoms with Crippen LogP contribution in [0.4, 0.5) is 5.69 Å². The van der Waals surface area contributed by atoms with Gasteiger partial charge in [-0.2, -0.15) is 5.10 Å². The highest BCUT2D eigenvalue weighted by Crippen LogP contribution is 2.33. The van der Waals surface area contributed by atoms with E-state index in [0.717, 1.165) is 41.3 Å². The molecule has 0 radical (unpaired) electrons. The number of carbonyl (C=O) groups is 2. The van der Waals surface area contributed by atoms with Gasteiger partial charge in [0, 0.05) is 31.4 Å². The van der Waals surface area contributed by atoms with Gasteiger partial charge in [-0.15, -0.1) is 0 Å². The van der Waals surface area contributed by atoms with Gasteiger partial charge in [0.25, 0.3) is 0 Å². The third-order valence-electron chi connectivity index (χ3n) is 7.17. The van der Waals surface area contributed by atoms with Crippen molar-refractivity contribution in [3.63, 3.8) is 0 Å². The minimum absolute atomic E-state index is 0.195. The molecule has 0 bridgehead atoms. The molecule has 2 aliphatic rings. The third kappa shape index (κ3) is 6.14. The number of nitrogens with zero attached hydrogens (tertiary/aromatic N) is 2. The number of unbranched alkanes of at least 4 members (excludes halogenated alkanes) is 4. The van der Waals surface area contributed by atoms with E-state index in [1.54, 1.807) is 0 Å². The number of rotatable bonds is 11. The van der Waals surface area contributed by atoms with Crippen molar-refractivity contribution in [3.05, 3.63) is 23.9 Å². The summed E-state index contributed by atoms with van der Waals surface area (Å²) in [6.07, 6.45) is 14.1. The first-order valence-electron chi connectivity index (χ1n) is 12.9. The zero-order valence-corrected chi connectivity index (χ0v) is 20.0. The number of hydrogen-bond donors (Lipinski definition) is 3. The molecule has 1 saturated carbocycles. The maximum absolute atomic E-state index is 12.4. The number of benzene rings is 1. The zero-order chi connectivity index (χ0) is 23.0. The molecule has 2 fully saturated rings. The topological polar surface area (TPSA) is 88.0 Å². The molecule has 180 valence electrons. The van der Waals surface area contributed by atoms with E-state index in [1.165, 1.54) is 64.3 Å². The van der Waals surface area contributed by atoms with Gasteiger partial charge in [0.1, 0.15) is 0 Å². The molecule has 2 aromatic rings. The van der Waals surface area contributed by atoms with Crippen molar-refractivity contribution in [2.24, 2.45) is 7.05 Å². The number of aryl methyl sites for hydroxylation is 1. The van der Waals surface area contributed by atoms with Crippen molar-refractivity contribution in [2.45, 2.75) is 89.0 Å². The molecule has 1 aliphatic heterocycles. The maximum Gasteiger partial charge on any atom is 0.235 e. The summed E-state index contributed by atoms with van der Waals surface area (Å²) in [5.74, 6) is -0.799. The molecule has 4 rings (SSSR count). The predicted molar refractivity (Wildman–Crippen MR) is 132 cm³/mol. The van der Waals surface area contributed by atoms with E-state index in [-0.39, 0.29) is 17.7 Å². The Hall–Kier alpha value is -2.41. The smallest absolute Gasteiger partial charge is 0.235 e. The van der Waals surface area contributed by atoms with Crippen LogP contribution in [0, 0.1) is 0 Å². The van der Waals surface area contributed by atoms with Crippen molar-refractivity contribution in [1.82, 2.24) is 20.4 Å². The molecule has 1 atom stereocenters. The Balaban J connectivity index is 1.21. The van der Waals surface area contributed by atoms with Gasteiger partial charge in [-0.1, -0.05) is 50.7 Å². The number of fused-ring (bicyclic) bond motifs is 1. The average molecular weight is 454 g/mol. The first-order valence-corrected chi connectivity index (χ1v) is 12.9. The number of piperidine rings is 1. The van der Waals surface area contributed by atoms with Crippen molar-refractivity contribution in [1.29, 1.82) is 0 Å². The van der Waals surface area contributed by atoms with Gasteiger partial charge in [0.05, 0.1) is 22.8 Å². The van der Waals surface area contributed by atoms with E-state index in [4.69, 9.17) is 0 Å². The fourth-order valence-electron chi connectivity index (χ4n) is 5.34. The van der Waals surface area contributed by atoms with Crippen LogP contribution in [-0.2, 0) is 16.6 Å². The van der Waals surface area contributed by atoms with Gasteiger partial charge in [-0.05, 0) is 44.7 Å². The van der Waals surface area contributed by atoms with E-state index < -0.39 is 0 Å². The molecule has 1 saturated heterocycles. The number of anilines is 1. The van der Waals surface area contributed by atoms with E-state index in [0.29, 0.717) is 12.8 Å². The molecule has 33 heavy (non-hydrogen) atoms. The average Bonchev–Trinajstić information content (AvgIpc) is 3.15. The number of aromatic nitrogens is 2. The third-order valence-corrected chi connectivity index (χ3v) is 7.17. The standard InChI is InChI=1S/C26H39N5O2/c1-31-25-20(24(30-31)21-15-16-23(32)29-26(21)33)13-10-14-22(25)28-18-9-4-2-3-8-17-27-19-11-6-5-7-12-19/h10,13-14,19,21,27-28H,2-9,11-12,15-18H2,1H3,(H,29,32,33). The fourth-order valence-corrected chi connectivity index (χ4v) is 5.34. The second-order valence-corrected chi connectivity index (χ2v) is 9.70. The summed E-state index contributed by atoms with van der Waals surface area (Å²) >= 11 is 0. The van der Waals surface area contributed by atoms with Crippen LogP contribution >= 0.6 is 0 Å². The summed E-state index contributed by atoms with van der Waals surface area (Å²) in [5, 5.41) is 15.4. The molecule has 2 heterocycles. The molecule has 1 aliphatic carbocycles. The van der Waals surface area contributed by atoms with E-state index in [1.807, 2.05) is 23.9 Å². The van der Waals surface area contributed by atoms with Crippen LogP contribution in [0.3, 0.4) is 0 Å². The van der Waals surface area contributed by atoms with Gasteiger partial charge < -0.3 is 10.6 Å². The highest BCUT2D eigenvalue weighted by atomic mass is 16.2. The number of amides is 2. The van der Waals surface area contributed by atoms with Crippen LogP contribution in [0.2, 0.25) is 0 Å². The number of para-hydroxylation sites is 1. The minimum Gasteiger partial charge on any atom is -0.383 e. The Morgan fingerprint density at radius 2 is 1.76 bits per heavy atom. The minimum atomic E-state index is -0.366. The first kappa shape index (κ1) is 23.7.